The third-order valence-corrected chi connectivity index (χ3v) is 3.86. The van der Waals surface area contributed by atoms with Gasteiger partial charge in [0.1, 0.15) is 0 Å². The van der Waals surface area contributed by atoms with Crippen LogP contribution in [-0.2, 0) is 0 Å². The van der Waals surface area contributed by atoms with Crippen molar-refractivity contribution in [1.82, 2.24) is 9.97 Å². The number of hydrogen-bond acceptors (Lipinski definition) is 3. The van der Waals surface area contributed by atoms with Crippen LogP contribution in [0.1, 0.15) is 19.8 Å². The van der Waals surface area contributed by atoms with Crippen LogP contribution in [0.5, 0.6) is 11.5 Å². The maximum absolute atomic E-state index is 14.1. The fourth-order valence-corrected chi connectivity index (χ4v) is 2.63. The van der Waals surface area contributed by atoms with Crippen molar-refractivity contribution in [3.05, 3.63) is 29.3 Å². The average molecular weight is 323 g/mol. The van der Waals surface area contributed by atoms with E-state index in [2.05, 4.69) is 16.9 Å². The van der Waals surface area contributed by atoms with E-state index in [0.717, 1.165) is 18.4 Å². The van der Waals surface area contributed by atoms with Crippen LogP contribution >= 0.6 is 11.6 Å². The molecule has 22 heavy (non-hydrogen) atoms. The molecule has 0 bridgehead atoms. The summed E-state index contributed by atoms with van der Waals surface area (Å²) in [7, 11) is 1.56. The van der Waals surface area contributed by atoms with E-state index in [0.29, 0.717) is 39.4 Å². The highest BCUT2D eigenvalue weighted by molar-refractivity contribution is 6.36. The third kappa shape index (κ3) is 2.46. The number of H-pyrrole nitrogens is 1. The lowest BCUT2D eigenvalue weighted by Crippen LogP contribution is -1.98. The van der Waals surface area contributed by atoms with Gasteiger partial charge < -0.3 is 14.5 Å². The van der Waals surface area contributed by atoms with Crippen LogP contribution in [0.3, 0.4) is 0 Å². The first-order valence-electron chi connectivity index (χ1n) is 7.12. The highest BCUT2D eigenvalue weighted by atomic mass is 35.5. The molecule has 3 aromatic rings. The minimum atomic E-state index is -0.563. The molecule has 0 aliphatic rings. The van der Waals surface area contributed by atoms with Crippen LogP contribution in [0.25, 0.3) is 21.8 Å². The lowest BCUT2D eigenvalue weighted by molar-refractivity contribution is 0.289. The Hall–Kier alpha value is -2.01. The molecule has 0 atom stereocenters. The summed E-state index contributed by atoms with van der Waals surface area (Å²) in [5.74, 6) is 0.621. The van der Waals surface area contributed by atoms with E-state index >= 15 is 0 Å². The Morgan fingerprint density at radius 2 is 2.14 bits per heavy atom. The summed E-state index contributed by atoms with van der Waals surface area (Å²) in [5.41, 5.74) is 1.26. The fourth-order valence-electron chi connectivity index (χ4n) is 2.44. The number of fused-ring (bicyclic) bond motifs is 3. The van der Waals surface area contributed by atoms with Gasteiger partial charge in [0.05, 0.1) is 41.4 Å². The second kappa shape index (κ2) is 6.01. The summed E-state index contributed by atoms with van der Waals surface area (Å²) in [4.78, 5) is 6.80. The molecule has 0 aliphatic carbocycles. The normalized spacial score (nSPS) is 11.3. The van der Waals surface area contributed by atoms with E-state index in [1.807, 2.05) is 0 Å². The number of ether oxygens (including phenoxy) is 2. The second-order valence-corrected chi connectivity index (χ2v) is 5.43. The van der Waals surface area contributed by atoms with E-state index < -0.39 is 5.95 Å². The number of unbranched alkanes of at least 4 members (excludes halogenated alkanes) is 1. The Morgan fingerprint density at radius 1 is 1.32 bits per heavy atom. The number of aromatic amines is 1. The highest BCUT2D eigenvalue weighted by Crippen LogP contribution is 2.38. The summed E-state index contributed by atoms with van der Waals surface area (Å²) in [5, 5.41) is 1.41. The van der Waals surface area contributed by atoms with Crippen LogP contribution in [0.4, 0.5) is 4.39 Å². The lowest BCUT2D eigenvalue weighted by Gasteiger charge is -2.10. The predicted molar refractivity (Wildman–Crippen MR) is 85.5 cm³/mol. The van der Waals surface area contributed by atoms with E-state index in [9.17, 15) is 4.39 Å². The van der Waals surface area contributed by atoms with Gasteiger partial charge in [-0.3, -0.25) is 0 Å². The Balaban J connectivity index is 2.19. The van der Waals surface area contributed by atoms with Crippen LogP contribution < -0.4 is 9.47 Å². The van der Waals surface area contributed by atoms with Crippen molar-refractivity contribution in [3.63, 3.8) is 0 Å². The van der Waals surface area contributed by atoms with Gasteiger partial charge in [-0.15, -0.1) is 0 Å². The van der Waals surface area contributed by atoms with Crippen molar-refractivity contribution >= 4 is 33.4 Å². The first-order chi connectivity index (χ1) is 10.7. The molecule has 1 N–H and O–H groups in total. The quantitative estimate of drug-likeness (QED) is 0.547. The zero-order chi connectivity index (χ0) is 15.7. The van der Waals surface area contributed by atoms with Crippen LogP contribution in [0.2, 0.25) is 5.02 Å². The summed E-state index contributed by atoms with van der Waals surface area (Å²) in [6.07, 6.45) is 3.30. The molecule has 4 nitrogen and oxygen atoms in total. The zero-order valence-electron chi connectivity index (χ0n) is 12.4. The summed E-state index contributed by atoms with van der Waals surface area (Å²) >= 11 is 6.09. The van der Waals surface area contributed by atoms with Crippen LogP contribution in [0.15, 0.2) is 18.3 Å². The minimum absolute atomic E-state index is 0.362. The molecule has 0 aliphatic heterocycles. The number of nitrogens with zero attached hydrogens (tertiary/aromatic N) is 1. The number of nitrogens with one attached hydrogen (secondary N) is 1. The number of aromatic nitrogens is 2. The molecule has 6 heteroatoms. The molecule has 0 unspecified atom stereocenters. The number of hydrogen-bond donors (Lipinski definition) is 1. The average Bonchev–Trinajstić information content (AvgIpc) is 2.90. The summed E-state index contributed by atoms with van der Waals surface area (Å²) in [6.45, 7) is 2.70. The number of methoxy groups -OCH3 is 1. The van der Waals surface area contributed by atoms with Gasteiger partial charge in [-0.05, 0) is 12.5 Å². The second-order valence-electron chi connectivity index (χ2n) is 5.02. The van der Waals surface area contributed by atoms with Gasteiger partial charge in [0.15, 0.2) is 11.5 Å². The molecule has 116 valence electrons. The van der Waals surface area contributed by atoms with E-state index in [1.54, 1.807) is 19.2 Å². The molecule has 2 heterocycles. The smallest absolute Gasteiger partial charge is 0.223 e. The third-order valence-electron chi connectivity index (χ3n) is 3.57. The molecule has 0 amide bonds. The molecule has 3 rings (SSSR count). The number of rotatable bonds is 5. The van der Waals surface area contributed by atoms with E-state index in [1.165, 1.54) is 6.20 Å². The molecular formula is C16H16ClFN2O2. The SMILES string of the molecule is CCCCOc1cc2[nH]c3c(Cl)cnc(F)c3c2cc1OC. The molecule has 0 saturated carbocycles. The molecule has 0 saturated heterocycles. The zero-order valence-corrected chi connectivity index (χ0v) is 13.1. The standard InChI is InChI=1S/C16H16ClFN2O2/c1-3-4-5-22-13-7-11-9(6-12(13)21-2)14-15(20-11)10(17)8-19-16(14)18/h6-8,20H,3-5H2,1-2H3. The molecular weight excluding hydrogens is 307 g/mol. The maximum Gasteiger partial charge on any atom is 0.223 e. The first-order valence-corrected chi connectivity index (χ1v) is 7.49. The van der Waals surface area contributed by atoms with Gasteiger partial charge in [0, 0.05) is 11.5 Å². The topological polar surface area (TPSA) is 47.1 Å². The Morgan fingerprint density at radius 3 is 2.86 bits per heavy atom. The Kier molecular flexibility index (Phi) is 4.07. The molecule has 2 aromatic heterocycles. The van der Waals surface area contributed by atoms with Crippen molar-refractivity contribution in [3.8, 4) is 11.5 Å². The van der Waals surface area contributed by atoms with E-state index in [4.69, 9.17) is 21.1 Å². The van der Waals surface area contributed by atoms with Gasteiger partial charge in [0.25, 0.3) is 0 Å². The largest absolute Gasteiger partial charge is 0.493 e. The molecule has 1 aromatic carbocycles. The van der Waals surface area contributed by atoms with Crippen molar-refractivity contribution in [2.45, 2.75) is 19.8 Å². The van der Waals surface area contributed by atoms with Gasteiger partial charge >= 0.3 is 0 Å². The van der Waals surface area contributed by atoms with Crippen molar-refractivity contribution in [2.75, 3.05) is 13.7 Å². The minimum Gasteiger partial charge on any atom is -0.493 e. The van der Waals surface area contributed by atoms with Gasteiger partial charge in [0.2, 0.25) is 5.95 Å². The van der Waals surface area contributed by atoms with Crippen LogP contribution in [0, 0.1) is 5.95 Å². The fraction of sp³-hybridized carbons (Fsp3) is 0.312. The lowest BCUT2D eigenvalue weighted by atomic mass is 10.1. The van der Waals surface area contributed by atoms with Gasteiger partial charge in [-0.1, -0.05) is 24.9 Å². The van der Waals surface area contributed by atoms with Crippen molar-refractivity contribution in [2.24, 2.45) is 0 Å². The van der Waals surface area contributed by atoms with Crippen molar-refractivity contribution in [1.29, 1.82) is 0 Å². The van der Waals surface area contributed by atoms with Gasteiger partial charge in [-0.25, -0.2) is 4.98 Å². The monoisotopic (exact) mass is 322 g/mol. The number of benzene rings is 1. The summed E-state index contributed by atoms with van der Waals surface area (Å²) in [6, 6.07) is 3.55. The number of halogens is 2. The van der Waals surface area contributed by atoms with E-state index in [-0.39, 0.29) is 0 Å². The predicted octanol–water partition coefficient (Wildman–Crippen LogP) is 4.70. The summed E-state index contributed by atoms with van der Waals surface area (Å²) < 4.78 is 25.2. The van der Waals surface area contributed by atoms with Crippen LogP contribution in [-0.4, -0.2) is 23.7 Å². The Labute approximate surface area is 132 Å². The maximum atomic E-state index is 14.1. The molecule has 0 fully saturated rings. The number of pyridine rings is 1. The molecule has 0 spiro atoms. The van der Waals surface area contributed by atoms with Crippen molar-refractivity contribution < 1.29 is 13.9 Å². The Bertz CT molecular complexity index is 832. The highest BCUT2D eigenvalue weighted by Gasteiger charge is 2.16. The van der Waals surface area contributed by atoms with Gasteiger partial charge in [-0.2, -0.15) is 4.39 Å². The molecule has 0 radical (unpaired) electrons. The first kappa shape index (κ1) is 14.9.